The average molecular weight is 349 g/mol. The van der Waals surface area contributed by atoms with E-state index < -0.39 is 23.5 Å². The van der Waals surface area contributed by atoms with E-state index in [0.29, 0.717) is 17.1 Å². The van der Waals surface area contributed by atoms with Gasteiger partial charge in [-0.25, -0.2) is 0 Å². The lowest BCUT2D eigenvalue weighted by atomic mass is 9.98. The summed E-state index contributed by atoms with van der Waals surface area (Å²) in [5.74, 6) is -3.35. The van der Waals surface area contributed by atoms with Gasteiger partial charge in [-0.1, -0.05) is 24.3 Å². The Bertz CT molecular complexity index is 919. The number of hydrogen-bond donors (Lipinski definition) is 1. The lowest BCUT2D eigenvalue weighted by Gasteiger charge is -2.13. The minimum absolute atomic E-state index is 0.305. The largest absolute Gasteiger partial charge is 0.319 e. The zero-order valence-corrected chi connectivity index (χ0v) is 14.8. The molecule has 0 aliphatic carbocycles. The zero-order chi connectivity index (χ0) is 18.8. The van der Waals surface area contributed by atoms with Gasteiger partial charge in [0, 0.05) is 5.69 Å². The highest BCUT2D eigenvalue weighted by atomic mass is 16.2. The summed E-state index contributed by atoms with van der Waals surface area (Å²) in [7, 11) is 0. The fourth-order valence-corrected chi connectivity index (χ4v) is 2.76. The van der Waals surface area contributed by atoms with Crippen LogP contribution in [-0.4, -0.2) is 23.3 Å². The van der Waals surface area contributed by atoms with Crippen LogP contribution in [0, 0.1) is 19.8 Å². The van der Waals surface area contributed by atoms with E-state index in [1.807, 2.05) is 26.0 Å². The number of carbonyl (C=O) groups excluding carboxylic acids is 3. The molecule has 3 rings (SSSR count). The third kappa shape index (κ3) is 3.26. The number of rotatable bonds is 4. The molecule has 1 aliphatic heterocycles. The van der Waals surface area contributed by atoms with E-state index in [1.165, 1.54) is 5.01 Å². The predicted molar refractivity (Wildman–Crippen MR) is 100 cm³/mol. The summed E-state index contributed by atoms with van der Waals surface area (Å²) >= 11 is 0. The van der Waals surface area contributed by atoms with Crippen LogP contribution >= 0.6 is 0 Å². The summed E-state index contributed by atoms with van der Waals surface area (Å²) in [5, 5.41) is 7.89. The summed E-state index contributed by atoms with van der Waals surface area (Å²) in [4.78, 5) is 37.5. The van der Waals surface area contributed by atoms with Gasteiger partial charge in [0.05, 0.1) is 11.4 Å². The molecule has 0 aromatic heterocycles. The van der Waals surface area contributed by atoms with Crippen LogP contribution < -0.4 is 10.3 Å². The molecular weight excluding hydrogens is 330 g/mol. The molecule has 0 saturated carbocycles. The summed E-state index contributed by atoms with van der Waals surface area (Å²) in [5.41, 5.74) is 3.47. The third-order valence-electron chi connectivity index (χ3n) is 4.38. The number of aryl methyl sites for hydroxylation is 2. The number of anilines is 2. The molecule has 2 amide bonds. The minimum atomic E-state index is -1.19. The van der Waals surface area contributed by atoms with Crippen molar-refractivity contribution in [2.75, 3.05) is 10.3 Å². The van der Waals surface area contributed by atoms with Crippen molar-refractivity contribution in [1.82, 2.24) is 0 Å². The Balaban J connectivity index is 1.77. The van der Waals surface area contributed by atoms with Crippen molar-refractivity contribution < 1.29 is 14.4 Å². The number of amides is 2. The third-order valence-corrected chi connectivity index (χ3v) is 4.38. The quantitative estimate of drug-likeness (QED) is 0.681. The van der Waals surface area contributed by atoms with Gasteiger partial charge in [-0.3, -0.25) is 14.4 Å². The normalized spacial score (nSPS) is 16.4. The SMILES string of the molecule is CC1=NN(c2ccccc2)C(=O)C1C(=O)C(=O)Nc1ccc(C)c(C)c1. The van der Waals surface area contributed by atoms with E-state index >= 15 is 0 Å². The van der Waals surface area contributed by atoms with Gasteiger partial charge in [0.2, 0.25) is 5.78 Å². The highest BCUT2D eigenvalue weighted by molar-refractivity contribution is 6.50. The topological polar surface area (TPSA) is 78.8 Å². The van der Waals surface area contributed by atoms with Gasteiger partial charge < -0.3 is 5.32 Å². The van der Waals surface area contributed by atoms with E-state index in [1.54, 1.807) is 43.3 Å². The monoisotopic (exact) mass is 349 g/mol. The van der Waals surface area contributed by atoms with E-state index in [-0.39, 0.29) is 0 Å². The van der Waals surface area contributed by atoms with Crippen LogP contribution in [0.2, 0.25) is 0 Å². The molecule has 6 nitrogen and oxygen atoms in total. The first-order chi connectivity index (χ1) is 12.4. The maximum absolute atomic E-state index is 12.6. The van der Waals surface area contributed by atoms with Crippen LogP contribution in [0.3, 0.4) is 0 Å². The number of benzene rings is 2. The number of nitrogens with zero attached hydrogens (tertiary/aromatic N) is 2. The van der Waals surface area contributed by atoms with Crippen LogP contribution in [0.5, 0.6) is 0 Å². The standard InChI is InChI=1S/C20H19N3O3/c1-12-9-10-15(11-13(12)2)21-19(25)18(24)17-14(3)22-23(20(17)26)16-7-5-4-6-8-16/h4-11,17H,1-3H3,(H,21,25). The number of carbonyl (C=O) groups is 3. The average Bonchev–Trinajstić information content (AvgIpc) is 2.92. The highest BCUT2D eigenvalue weighted by Gasteiger charge is 2.42. The van der Waals surface area contributed by atoms with Crippen LogP contribution in [0.4, 0.5) is 11.4 Å². The number of ketones is 1. The first kappa shape index (κ1) is 17.5. The summed E-state index contributed by atoms with van der Waals surface area (Å²) in [6, 6.07) is 14.2. The van der Waals surface area contributed by atoms with E-state index in [9.17, 15) is 14.4 Å². The molecule has 6 heteroatoms. The lowest BCUT2D eigenvalue weighted by molar-refractivity contribution is -0.138. The van der Waals surface area contributed by atoms with Crippen molar-refractivity contribution in [2.45, 2.75) is 20.8 Å². The molecule has 132 valence electrons. The van der Waals surface area contributed by atoms with Gasteiger partial charge in [-0.05, 0) is 56.2 Å². The van der Waals surface area contributed by atoms with E-state index in [2.05, 4.69) is 10.4 Å². The maximum atomic E-state index is 12.6. The van der Waals surface area contributed by atoms with Crippen molar-refractivity contribution in [3.63, 3.8) is 0 Å². The summed E-state index contributed by atoms with van der Waals surface area (Å²) in [6.45, 7) is 5.45. The van der Waals surface area contributed by atoms with E-state index in [4.69, 9.17) is 0 Å². The highest BCUT2D eigenvalue weighted by Crippen LogP contribution is 2.24. The predicted octanol–water partition coefficient (Wildman–Crippen LogP) is 2.85. The molecule has 0 fully saturated rings. The first-order valence-electron chi connectivity index (χ1n) is 8.25. The second kappa shape index (κ2) is 6.92. The Morgan fingerprint density at radius 1 is 1.00 bits per heavy atom. The number of hydrazone groups is 1. The fourth-order valence-electron chi connectivity index (χ4n) is 2.76. The maximum Gasteiger partial charge on any atom is 0.293 e. The Hall–Kier alpha value is -3.28. The molecule has 26 heavy (non-hydrogen) atoms. The van der Waals surface area contributed by atoms with Crippen LogP contribution in [0.1, 0.15) is 18.1 Å². The zero-order valence-electron chi connectivity index (χ0n) is 14.8. The Morgan fingerprint density at radius 2 is 1.69 bits per heavy atom. The molecule has 0 spiro atoms. The van der Waals surface area contributed by atoms with Gasteiger partial charge >= 0.3 is 0 Å². The molecular formula is C20H19N3O3. The summed E-state index contributed by atoms with van der Waals surface area (Å²) < 4.78 is 0. The second-order valence-electron chi connectivity index (χ2n) is 6.28. The van der Waals surface area contributed by atoms with Crippen molar-refractivity contribution in [3.05, 3.63) is 59.7 Å². The van der Waals surface area contributed by atoms with Gasteiger partial charge in [0.15, 0.2) is 0 Å². The van der Waals surface area contributed by atoms with Crippen molar-refractivity contribution in [2.24, 2.45) is 11.0 Å². The van der Waals surface area contributed by atoms with Crippen LogP contribution in [0.25, 0.3) is 0 Å². The van der Waals surface area contributed by atoms with Crippen molar-refractivity contribution in [3.8, 4) is 0 Å². The number of para-hydroxylation sites is 1. The smallest absolute Gasteiger partial charge is 0.293 e. The molecule has 0 bridgehead atoms. The first-order valence-corrected chi connectivity index (χ1v) is 8.25. The van der Waals surface area contributed by atoms with E-state index in [0.717, 1.165) is 11.1 Å². The number of Topliss-reactive ketones (excluding diaryl/α,β-unsaturated/α-hetero) is 1. The van der Waals surface area contributed by atoms with Gasteiger partial charge in [0.25, 0.3) is 11.8 Å². The molecule has 1 aliphatic rings. The number of nitrogens with one attached hydrogen (secondary N) is 1. The molecule has 0 saturated heterocycles. The van der Waals surface area contributed by atoms with Gasteiger partial charge in [-0.2, -0.15) is 10.1 Å². The van der Waals surface area contributed by atoms with Gasteiger partial charge in [-0.15, -0.1) is 0 Å². The number of hydrogen-bond acceptors (Lipinski definition) is 4. The minimum Gasteiger partial charge on any atom is -0.319 e. The van der Waals surface area contributed by atoms with Gasteiger partial charge in [0.1, 0.15) is 5.92 Å². The second-order valence-corrected chi connectivity index (χ2v) is 6.28. The van der Waals surface area contributed by atoms with Crippen LogP contribution in [-0.2, 0) is 14.4 Å². The Kier molecular flexibility index (Phi) is 4.67. The molecule has 1 N–H and O–H groups in total. The Labute approximate surface area is 151 Å². The van der Waals surface area contributed by atoms with Crippen molar-refractivity contribution in [1.29, 1.82) is 0 Å². The Morgan fingerprint density at radius 3 is 2.35 bits per heavy atom. The molecule has 1 heterocycles. The molecule has 0 radical (unpaired) electrons. The molecule has 1 unspecified atom stereocenters. The molecule has 1 atom stereocenters. The fraction of sp³-hybridized carbons (Fsp3) is 0.200. The summed E-state index contributed by atoms with van der Waals surface area (Å²) in [6.07, 6.45) is 0. The van der Waals surface area contributed by atoms with Crippen molar-refractivity contribution >= 4 is 34.7 Å². The molecule has 2 aromatic carbocycles. The van der Waals surface area contributed by atoms with Crippen LogP contribution in [0.15, 0.2) is 53.6 Å². The lowest BCUT2D eigenvalue weighted by Crippen LogP contribution is -2.39. The molecule has 2 aromatic rings.